The Balaban J connectivity index is 1.60. The Labute approximate surface area is 159 Å². The third-order valence-corrected chi connectivity index (χ3v) is 4.51. The molecule has 0 radical (unpaired) electrons. The molecule has 2 aromatic carbocycles. The topological polar surface area (TPSA) is 58.6 Å². The molecule has 1 aliphatic heterocycles. The Kier molecular flexibility index (Phi) is 6.00. The molecule has 136 valence electrons. The number of halogens is 2. The zero-order valence-electron chi connectivity index (χ0n) is 14.0. The largest absolute Gasteiger partial charge is 0.378 e. The van der Waals surface area contributed by atoms with Gasteiger partial charge in [0.15, 0.2) is 0 Å². The minimum absolute atomic E-state index is 0.0645. The number of amides is 2. The maximum atomic E-state index is 13.4. The molecule has 0 aromatic heterocycles. The SMILES string of the molecule is O=C(Nc1ccc(CC(=O)N2CCOCC2)cc1)c1cc(F)cc(Br)c1. The number of nitrogens with one attached hydrogen (secondary N) is 1. The van der Waals surface area contributed by atoms with Crippen LogP contribution >= 0.6 is 15.9 Å². The van der Waals surface area contributed by atoms with Gasteiger partial charge in [-0.05, 0) is 35.9 Å². The summed E-state index contributed by atoms with van der Waals surface area (Å²) in [5, 5.41) is 2.72. The van der Waals surface area contributed by atoms with Gasteiger partial charge in [0.2, 0.25) is 5.91 Å². The van der Waals surface area contributed by atoms with Crippen LogP contribution in [0.25, 0.3) is 0 Å². The highest BCUT2D eigenvalue weighted by molar-refractivity contribution is 9.10. The van der Waals surface area contributed by atoms with E-state index in [0.717, 1.165) is 5.56 Å². The molecule has 2 amide bonds. The molecule has 0 saturated carbocycles. The van der Waals surface area contributed by atoms with Gasteiger partial charge in [0, 0.05) is 28.8 Å². The highest BCUT2D eigenvalue weighted by Crippen LogP contribution is 2.17. The second-order valence-electron chi connectivity index (χ2n) is 5.98. The number of ether oxygens (including phenoxy) is 1. The van der Waals surface area contributed by atoms with Crippen molar-refractivity contribution in [3.05, 3.63) is 63.9 Å². The minimum Gasteiger partial charge on any atom is -0.378 e. The molecule has 3 rings (SSSR count). The molecule has 0 spiro atoms. The van der Waals surface area contributed by atoms with Crippen LogP contribution in [0.1, 0.15) is 15.9 Å². The Morgan fingerprint density at radius 2 is 1.81 bits per heavy atom. The predicted molar refractivity (Wildman–Crippen MR) is 99.6 cm³/mol. The van der Waals surface area contributed by atoms with Gasteiger partial charge in [-0.25, -0.2) is 4.39 Å². The molecule has 26 heavy (non-hydrogen) atoms. The number of rotatable bonds is 4. The van der Waals surface area contributed by atoms with Gasteiger partial charge in [0.25, 0.3) is 5.91 Å². The van der Waals surface area contributed by atoms with Crippen molar-refractivity contribution in [2.45, 2.75) is 6.42 Å². The van der Waals surface area contributed by atoms with Gasteiger partial charge < -0.3 is 15.0 Å². The van der Waals surface area contributed by atoms with Crippen LogP contribution in [-0.2, 0) is 16.0 Å². The zero-order valence-corrected chi connectivity index (χ0v) is 15.6. The fraction of sp³-hybridized carbons (Fsp3) is 0.263. The third kappa shape index (κ3) is 4.89. The molecule has 5 nitrogen and oxygen atoms in total. The second kappa shape index (κ2) is 8.42. The molecule has 1 saturated heterocycles. The molecule has 2 aromatic rings. The van der Waals surface area contributed by atoms with Crippen molar-refractivity contribution >= 4 is 33.4 Å². The third-order valence-electron chi connectivity index (χ3n) is 4.06. The van der Waals surface area contributed by atoms with E-state index in [1.165, 1.54) is 12.1 Å². The van der Waals surface area contributed by atoms with Gasteiger partial charge in [-0.2, -0.15) is 0 Å². The van der Waals surface area contributed by atoms with Crippen LogP contribution in [-0.4, -0.2) is 43.0 Å². The summed E-state index contributed by atoms with van der Waals surface area (Å²) in [7, 11) is 0. The van der Waals surface area contributed by atoms with E-state index in [0.29, 0.717) is 42.9 Å². The first-order valence-electron chi connectivity index (χ1n) is 8.23. The minimum atomic E-state index is -0.485. The molecule has 0 atom stereocenters. The monoisotopic (exact) mass is 420 g/mol. The van der Waals surface area contributed by atoms with Crippen molar-refractivity contribution < 1.29 is 18.7 Å². The summed E-state index contributed by atoms with van der Waals surface area (Å²) in [4.78, 5) is 26.2. The summed E-state index contributed by atoms with van der Waals surface area (Å²) in [6.07, 6.45) is 0.311. The number of anilines is 1. The number of carbonyl (C=O) groups is 2. The lowest BCUT2D eigenvalue weighted by Crippen LogP contribution is -2.41. The normalized spacial score (nSPS) is 14.2. The summed E-state index contributed by atoms with van der Waals surface area (Å²) >= 11 is 3.17. The summed E-state index contributed by atoms with van der Waals surface area (Å²) in [5.41, 5.74) is 1.68. The van der Waals surface area contributed by atoms with Gasteiger partial charge in [-0.3, -0.25) is 9.59 Å². The van der Waals surface area contributed by atoms with Gasteiger partial charge in [0.05, 0.1) is 19.6 Å². The highest BCUT2D eigenvalue weighted by atomic mass is 79.9. The van der Waals surface area contributed by atoms with Crippen LogP contribution in [0.3, 0.4) is 0 Å². The van der Waals surface area contributed by atoms with Crippen molar-refractivity contribution in [2.24, 2.45) is 0 Å². The Morgan fingerprint density at radius 3 is 2.46 bits per heavy atom. The summed E-state index contributed by atoms with van der Waals surface area (Å²) in [5.74, 6) is -0.821. The molecule has 1 aliphatic rings. The van der Waals surface area contributed by atoms with Gasteiger partial charge >= 0.3 is 0 Å². The van der Waals surface area contributed by atoms with Gasteiger partial charge in [-0.15, -0.1) is 0 Å². The van der Waals surface area contributed by atoms with Crippen LogP contribution in [0.2, 0.25) is 0 Å². The zero-order chi connectivity index (χ0) is 18.5. The van der Waals surface area contributed by atoms with Crippen molar-refractivity contribution in [2.75, 3.05) is 31.6 Å². The van der Waals surface area contributed by atoms with E-state index in [9.17, 15) is 14.0 Å². The number of nitrogens with zero attached hydrogens (tertiary/aromatic N) is 1. The van der Waals surface area contributed by atoms with Crippen molar-refractivity contribution in [1.82, 2.24) is 4.90 Å². The summed E-state index contributed by atoms with van der Waals surface area (Å²) in [6, 6.07) is 11.1. The number of morpholine rings is 1. The van der Waals surface area contributed by atoms with E-state index >= 15 is 0 Å². The lowest BCUT2D eigenvalue weighted by molar-refractivity contribution is -0.134. The van der Waals surface area contributed by atoms with E-state index in [1.54, 1.807) is 35.2 Å². The van der Waals surface area contributed by atoms with Crippen molar-refractivity contribution in [3.8, 4) is 0 Å². The smallest absolute Gasteiger partial charge is 0.255 e. The highest BCUT2D eigenvalue weighted by Gasteiger charge is 2.17. The number of hydrogen-bond acceptors (Lipinski definition) is 3. The Bertz CT molecular complexity index is 785. The van der Waals surface area contributed by atoms with Crippen LogP contribution in [0.5, 0.6) is 0 Å². The van der Waals surface area contributed by atoms with E-state index in [2.05, 4.69) is 21.2 Å². The molecule has 1 N–H and O–H groups in total. The summed E-state index contributed by atoms with van der Waals surface area (Å²) in [6.45, 7) is 2.39. The van der Waals surface area contributed by atoms with Gasteiger partial charge in [-0.1, -0.05) is 28.1 Å². The molecule has 0 bridgehead atoms. The lowest BCUT2D eigenvalue weighted by Gasteiger charge is -2.26. The lowest BCUT2D eigenvalue weighted by atomic mass is 10.1. The fourth-order valence-corrected chi connectivity index (χ4v) is 3.16. The van der Waals surface area contributed by atoms with Crippen LogP contribution in [0, 0.1) is 5.82 Å². The van der Waals surface area contributed by atoms with E-state index < -0.39 is 11.7 Å². The first-order valence-corrected chi connectivity index (χ1v) is 9.02. The van der Waals surface area contributed by atoms with E-state index in [4.69, 9.17) is 4.74 Å². The maximum Gasteiger partial charge on any atom is 0.255 e. The molecule has 7 heteroatoms. The van der Waals surface area contributed by atoms with E-state index in [-0.39, 0.29) is 11.5 Å². The second-order valence-corrected chi connectivity index (χ2v) is 6.89. The first kappa shape index (κ1) is 18.5. The molecule has 1 fully saturated rings. The average Bonchev–Trinajstić information content (AvgIpc) is 2.63. The predicted octanol–water partition coefficient (Wildman–Crippen LogP) is 3.24. The Morgan fingerprint density at radius 1 is 1.12 bits per heavy atom. The quantitative estimate of drug-likeness (QED) is 0.825. The fourth-order valence-electron chi connectivity index (χ4n) is 2.69. The van der Waals surface area contributed by atoms with Crippen LogP contribution in [0.15, 0.2) is 46.9 Å². The van der Waals surface area contributed by atoms with E-state index in [1.807, 2.05) is 0 Å². The molecule has 0 unspecified atom stereocenters. The standard InChI is InChI=1S/C19H18BrFN2O3/c20-15-10-14(11-16(21)12-15)19(25)22-17-3-1-13(2-4-17)9-18(24)23-5-7-26-8-6-23/h1-4,10-12H,5-9H2,(H,22,25). The number of carbonyl (C=O) groups excluding carboxylic acids is 2. The maximum absolute atomic E-state index is 13.4. The molecular formula is C19H18BrFN2O3. The first-order chi connectivity index (χ1) is 12.5. The van der Waals surface area contributed by atoms with Crippen molar-refractivity contribution in [1.29, 1.82) is 0 Å². The summed E-state index contributed by atoms with van der Waals surface area (Å²) < 4.78 is 19.1. The van der Waals surface area contributed by atoms with Crippen LogP contribution in [0.4, 0.5) is 10.1 Å². The molecular weight excluding hydrogens is 403 g/mol. The van der Waals surface area contributed by atoms with Crippen molar-refractivity contribution in [3.63, 3.8) is 0 Å². The number of hydrogen-bond donors (Lipinski definition) is 1. The Hall–Kier alpha value is -2.25. The molecule has 0 aliphatic carbocycles. The number of benzene rings is 2. The van der Waals surface area contributed by atoms with Gasteiger partial charge in [0.1, 0.15) is 5.82 Å². The van der Waals surface area contributed by atoms with Crippen LogP contribution < -0.4 is 5.32 Å². The molecule has 1 heterocycles. The average molecular weight is 421 g/mol.